The molecule has 2 N–H and O–H groups in total. The highest BCUT2D eigenvalue weighted by Gasteiger charge is 2.12. The molecule has 1 aromatic rings. The third-order valence-corrected chi connectivity index (χ3v) is 2.26. The molecule has 1 aromatic carbocycles. The molecular weight excluding hydrogens is 237 g/mol. The molecule has 4 heteroatoms. The van der Waals surface area contributed by atoms with Gasteiger partial charge in [-0.15, -0.1) is 0 Å². The van der Waals surface area contributed by atoms with Crippen LogP contribution in [-0.2, 0) is 0 Å². The Kier molecular flexibility index (Phi) is 3.17. The van der Waals surface area contributed by atoms with Crippen molar-refractivity contribution in [1.82, 2.24) is 0 Å². The third kappa shape index (κ3) is 2.35. The first kappa shape index (κ1) is 10.3. The van der Waals surface area contributed by atoms with Gasteiger partial charge in [-0.05, 0) is 35.0 Å². The maximum absolute atomic E-state index is 13.0. The van der Waals surface area contributed by atoms with E-state index in [9.17, 15) is 9.18 Å². The van der Waals surface area contributed by atoms with Crippen molar-refractivity contribution in [2.75, 3.05) is 0 Å². The first-order chi connectivity index (χ1) is 6.02. The van der Waals surface area contributed by atoms with Gasteiger partial charge in [0.15, 0.2) is 5.78 Å². The van der Waals surface area contributed by atoms with E-state index in [1.54, 1.807) is 13.0 Å². The van der Waals surface area contributed by atoms with E-state index in [1.807, 2.05) is 0 Å². The van der Waals surface area contributed by atoms with Gasteiger partial charge in [-0.3, -0.25) is 4.79 Å². The molecule has 0 heterocycles. The molecule has 1 atom stereocenters. The summed E-state index contributed by atoms with van der Waals surface area (Å²) in [6.07, 6.45) is 0. The standard InChI is InChI=1S/C9H9BrFNO/c1-5(12)9(13)6-2-3-7(10)8(11)4-6/h2-5H,12H2,1H3. The van der Waals surface area contributed by atoms with Crippen molar-refractivity contribution in [2.24, 2.45) is 5.73 Å². The second-order valence-corrected chi connectivity index (χ2v) is 3.64. The fraction of sp³-hybridized carbons (Fsp3) is 0.222. The van der Waals surface area contributed by atoms with Gasteiger partial charge in [0.25, 0.3) is 0 Å². The van der Waals surface area contributed by atoms with Crippen molar-refractivity contribution in [2.45, 2.75) is 13.0 Å². The number of nitrogens with two attached hydrogens (primary N) is 1. The van der Waals surface area contributed by atoms with Crippen LogP contribution in [0.4, 0.5) is 4.39 Å². The number of hydrogen-bond donors (Lipinski definition) is 1. The Labute approximate surface area is 84.1 Å². The number of carbonyl (C=O) groups excluding carboxylic acids is 1. The fourth-order valence-electron chi connectivity index (χ4n) is 0.912. The van der Waals surface area contributed by atoms with Gasteiger partial charge in [-0.1, -0.05) is 6.07 Å². The zero-order chi connectivity index (χ0) is 10.0. The van der Waals surface area contributed by atoms with E-state index in [-0.39, 0.29) is 5.78 Å². The predicted octanol–water partition coefficient (Wildman–Crippen LogP) is 2.12. The molecule has 0 radical (unpaired) electrons. The molecule has 1 rings (SSSR count). The van der Waals surface area contributed by atoms with Crippen LogP contribution >= 0.6 is 15.9 Å². The highest BCUT2D eigenvalue weighted by Crippen LogP contribution is 2.16. The molecule has 0 saturated carbocycles. The van der Waals surface area contributed by atoms with E-state index < -0.39 is 11.9 Å². The predicted molar refractivity (Wildman–Crippen MR) is 52.1 cm³/mol. The molecule has 0 spiro atoms. The minimum absolute atomic E-state index is 0.258. The zero-order valence-corrected chi connectivity index (χ0v) is 8.64. The highest BCUT2D eigenvalue weighted by molar-refractivity contribution is 9.10. The van der Waals surface area contributed by atoms with Crippen LogP contribution in [0.3, 0.4) is 0 Å². The smallest absolute Gasteiger partial charge is 0.179 e. The van der Waals surface area contributed by atoms with Gasteiger partial charge in [0.2, 0.25) is 0 Å². The number of rotatable bonds is 2. The summed E-state index contributed by atoms with van der Waals surface area (Å²) in [5.41, 5.74) is 5.67. The van der Waals surface area contributed by atoms with Crippen LogP contribution in [0.5, 0.6) is 0 Å². The van der Waals surface area contributed by atoms with Crippen molar-refractivity contribution in [1.29, 1.82) is 0 Å². The summed E-state index contributed by atoms with van der Waals surface area (Å²) < 4.78 is 13.3. The summed E-state index contributed by atoms with van der Waals surface area (Å²) in [6.45, 7) is 1.57. The van der Waals surface area contributed by atoms with E-state index in [0.29, 0.717) is 10.0 Å². The molecule has 0 bridgehead atoms. The van der Waals surface area contributed by atoms with Crippen molar-refractivity contribution >= 4 is 21.7 Å². The minimum Gasteiger partial charge on any atom is -0.321 e. The van der Waals surface area contributed by atoms with Gasteiger partial charge < -0.3 is 5.73 Å². The van der Waals surface area contributed by atoms with Gasteiger partial charge in [0.1, 0.15) is 5.82 Å². The van der Waals surface area contributed by atoms with Gasteiger partial charge in [-0.25, -0.2) is 4.39 Å². The number of benzene rings is 1. The first-order valence-electron chi connectivity index (χ1n) is 3.77. The maximum atomic E-state index is 13.0. The Hall–Kier alpha value is -0.740. The summed E-state index contributed by atoms with van der Waals surface area (Å²) in [5, 5.41) is 0. The molecule has 0 aliphatic carbocycles. The summed E-state index contributed by atoms with van der Waals surface area (Å²) >= 11 is 3.00. The number of carbonyl (C=O) groups is 1. The lowest BCUT2D eigenvalue weighted by atomic mass is 10.1. The number of Topliss-reactive ketones (excluding diaryl/α,β-unsaturated/α-hetero) is 1. The van der Waals surface area contributed by atoms with Crippen molar-refractivity contribution in [3.8, 4) is 0 Å². The zero-order valence-electron chi connectivity index (χ0n) is 7.05. The van der Waals surface area contributed by atoms with E-state index in [0.717, 1.165) is 0 Å². The van der Waals surface area contributed by atoms with Gasteiger partial charge in [-0.2, -0.15) is 0 Å². The van der Waals surface area contributed by atoms with Gasteiger partial charge in [0, 0.05) is 5.56 Å². The SMILES string of the molecule is CC(N)C(=O)c1ccc(Br)c(F)c1. The average molecular weight is 246 g/mol. The topological polar surface area (TPSA) is 43.1 Å². The van der Waals surface area contributed by atoms with Crippen molar-refractivity contribution in [3.63, 3.8) is 0 Å². The van der Waals surface area contributed by atoms with Crippen molar-refractivity contribution in [3.05, 3.63) is 34.1 Å². The van der Waals surface area contributed by atoms with E-state index in [1.165, 1.54) is 12.1 Å². The van der Waals surface area contributed by atoms with Crippen LogP contribution in [0.1, 0.15) is 17.3 Å². The van der Waals surface area contributed by atoms with Crippen molar-refractivity contribution < 1.29 is 9.18 Å². The molecule has 0 aliphatic rings. The van der Waals surface area contributed by atoms with Crippen LogP contribution in [0.2, 0.25) is 0 Å². The second kappa shape index (κ2) is 3.98. The Morgan fingerprint density at radius 1 is 1.62 bits per heavy atom. The van der Waals surface area contributed by atoms with Crippen LogP contribution < -0.4 is 5.73 Å². The van der Waals surface area contributed by atoms with E-state index in [4.69, 9.17) is 5.73 Å². The van der Waals surface area contributed by atoms with Gasteiger partial charge >= 0.3 is 0 Å². The van der Waals surface area contributed by atoms with Crippen LogP contribution in [-0.4, -0.2) is 11.8 Å². The Morgan fingerprint density at radius 3 is 2.69 bits per heavy atom. The van der Waals surface area contributed by atoms with Crippen LogP contribution in [0.15, 0.2) is 22.7 Å². The minimum atomic E-state index is -0.597. The normalized spacial score (nSPS) is 12.6. The molecule has 2 nitrogen and oxygen atoms in total. The second-order valence-electron chi connectivity index (χ2n) is 2.78. The molecule has 13 heavy (non-hydrogen) atoms. The lowest BCUT2D eigenvalue weighted by molar-refractivity contribution is 0.0967. The maximum Gasteiger partial charge on any atom is 0.179 e. The number of hydrogen-bond acceptors (Lipinski definition) is 2. The quantitative estimate of drug-likeness (QED) is 0.812. The first-order valence-corrected chi connectivity index (χ1v) is 4.56. The lowest BCUT2D eigenvalue weighted by Crippen LogP contribution is -2.26. The molecule has 0 amide bonds. The Morgan fingerprint density at radius 2 is 2.23 bits per heavy atom. The number of halogens is 2. The molecule has 0 fully saturated rings. The fourth-order valence-corrected chi connectivity index (χ4v) is 1.16. The summed E-state index contributed by atoms with van der Waals surface area (Å²) in [7, 11) is 0. The monoisotopic (exact) mass is 245 g/mol. The van der Waals surface area contributed by atoms with Gasteiger partial charge in [0.05, 0.1) is 10.5 Å². The highest BCUT2D eigenvalue weighted by atomic mass is 79.9. The average Bonchev–Trinajstić information content (AvgIpc) is 2.08. The lowest BCUT2D eigenvalue weighted by Gasteiger charge is -2.04. The largest absolute Gasteiger partial charge is 0.321 e. The molecule has 0 aliphatic heterocycles. The molecule has 1 unspecified atom stereocenters. The molecular formula is C9H9BrFNO. The summed E-state index contributed by atoms with van der Waals surface area (Å²) in [4.78, 5) is 11.3. The summed E-state index contributed by atoms with van der Waals surface area (Å²) in [6, 6.07) is 3.61. The third-order valence-electron chi connectivity index (χ3n) is 1.62. The molecule has 0 aromatic heterocycles. The van der Waals surface area contributed by atoms with Crippen LogP contribution in [0, 0.1) is 5.82 Å². The summed E-state index contributed by atoms with van der Waals surface area (Å²) in [5.74, 6) is -0.710. The number of ketones is 1. The molecule has 70 valence electrons. The Balaban J connectivity index is 3.04. The van der Waals surface area contributed by atoms with E-state index in [2.05, 4.69) is 15.9 Å². The van der Waals surface area contributed by atoms with Crippen LogP contribution in [0.25, 0.3) is 0 Å². The Bertz CT molecular complexity index is 338. The van der Waals surface area contributed by atoms with E-state index >= 15 is 0 Å². The molecule has 0 saturated heterocycles.